The molecule has 0 spiro atoms. The molecule has 0 saturated carbocycles. The fourth-order valence-corrected chi connectivity index (χ4v) is 4.01. The lowest BCUT2D eigenvalue weighted by Crippen LogP contribution is -2.48. The zero-order valence-corrected chi connectivity index (χ0v) is 17.3. The Kier molecular flexibility index (Phi) is 5.97. The third-order valence-electron chi connectivity index (χ3n) is 4.87. The number of carbonyl (C=O) groups excluding carboxylic acids is 1. The Bertz CT molecular complexity index is 740. The van der Waals surface area contributed by atoms with Gasteiger partial charge in [-0.1, -0.05) is 56.1 Å². The first-order chi connectivity index (χ1) is 12.0. The molecule has 25 heavy (non-hydrogen) atoms. The van der Waals surface area contributed by atoms with Crippen molar-refractivity contribution in [2.24, 2.45) is 0 Å². The third kappa shape index (κ3) is 4.15. The summed E-state index contributed by atoms with van der Waals surface area (Å²) in [5.41, 5.74) is 1.61. The summed E-state index contributed by atoms with van der Waals surface area (Å²) in [6.45, 7) is 3.23. The van der Waals surface area contributed by atoms with Gasteiger partial charge < -0.3 is 10.1 Å². The number of hydrogen-bond donors (Lipinski definition) is 1. The summed E-state index contributed by atoms with van der Waals surface area (Å²) in [6.07, 6.45) is 1.40. The Morgan fingerprint density at radius 3 is 2.40 bits per heavy atom. The molecule has 1 aliphatic rings. The van der Waals surface area contributed by atoms with Crippen LogP contribution in [0, 0.1) is 0 Å². The highest BCUT2D eigenvalue weighted by Gasteiger charge is 2.42. The summed E-state index contributed by atoms with van der Waals surface area (Å²) < 4.78 is 7.56. The second-order valence-electron chi connectivity index (χ2n) is 6.45. The quantitative estimate of drug-likeness (QED) is 0.677. The van der Waals surface area contributed by atoms with Crippen LogP contribution in [0.5, 0.6) is 0 Å². The second kappa shape index (κ2) is 8.02. The minimum absolute atomic E-state index is 0.0554. The van der Waals surface area contributed by atoms with Gasteiger partial charge in [0.05, 0.1) is 11.5 Å². The molecule has 0 aromatic heterocycles. The lowest BCUT2D eigenvalue weighted by atomic mass is 9.73. The van der Waals surface area contributed by atoms with Crippen molar-refractivity contribution in [3.63, 3.8) is 0 Å². The lowest BCUT2D eigenvalue weighted by molar-refractivity contribution is -0.131. The molecule has 0 aliphatic carbocycles. The molecule has 1 atom stereocenters. The van der Waals surface area contributed by atoms with Crippen molar-refractivity contribution in [2.45, 2.75) is 31.2 Å². The van der Waals surface area contributed by atoms with Gasteiger partial charge in [0.25, 0.3) is 0 Å². The second-order valence-corrected chi connectivity index (χ2v) is 8.28. The van der Waals surface area contributed by atoms with E-state index in [9.17, 15) is 4.79 Å². The normalized spacial score (nSPS) is 17.7. The fraction of sp³-hybridized carbons (Fsp3) is 0.350. The maximum atomic E-state index is 13.3. The molecule has 3 rings (SSSR count). The Balaban J connectivity index is 1.86. The van der Waals surface area contributed by atoms with Crippen LogP contribution in [-0.4, -0.2) is 19.1 Å². The van der Waals surface area contributed by atoms with Crippen LogP contribution in [0.15, 0.2) is 57.5 Å². The van der Waals surface area contributed by atoms with E-state index in [2.05, 4.69) is 37.2 Å². The Hall–Kier alpha value is -1.17. The van der Waals surface area contributed by atoms with Crippen molar-refractivity contribution >= 4 is 37.8 Å². The minimum atomic E-state index is -0.529. The van der Waals surface area contributed by atoms with Crippen molar-refractivity contribution in [1.29, 1.82) is 0 Å². The predicted octanol–water partition coefficient (Wildman–Crippen LogP) is 5.14. The van der Waals surface area contributed by atoms with E-state index in [1.165, 1.54) is 0 Å². The van der Waals surface area contributed by atoms with Crippen molar-refractivity contribution in [2.75, 3.05) is 13.2 Å². The number of halogens is 2. The van der Waals surface area contributed by atoms with E-state index < -0.39 is 5.41 Å². The van der Waals surface area contributed by atoms with Gasteiger partial charge in [-0.15, -0.1) is 0 Å². The van der Waals surface area contributed by atoms with Gasteiger partial charge in [0.1, 0.15) is 0 Å². The fourth-order valence-electron chi connectivity index (χ4n) is 3.33. The highest BCUT2D eigenvalue weighted by molar-refractivity contribution is 9.10. The standard InChI is InChI=1S/C20H21Br2NO2/c1-14(15-3-2-4-18(22)13-15)23-19(24)20(9-11-25-12-10-20)16-5-7-17(21)8-6-16/h2-8,13-14H,9-12H2,1H3,(H,23,24). The molecule has 5 heteroatoms. The Morgan fingerprint density at radius 2 is 1.76 bits per heavy atom. The highest BCUT2D eigenvalue weighted by atomic mass is 79.9. The van der Waals surface area contributed by atoms with E-state index in [0.717, 1.165) is 20.1 Å². The van der Waals surface area contributed by atoms with Gasteiger partial charge in [-0.2, -0.15) is 0 Å². The van der Waals surface area contributed by atoms with Gasteiger partial charge in [0.15, 0.2) is 0 Å². The largest absolute Gasteiger partial charge is 0.381 e. The third-order valence-corrected chi connectivity index (χ3v) is 5.90. The van der Waals surface area contributed by atoms with Crippen LogP contribution in [0.1, 0.15) is 36.9 Å². The number of nitrogens with one attached hydrogen (secondary N) is 1. The van der Waals surface area contributed by atoms with Crippen molar-refractivity contribution in [3.05, 3.63) is 68.6 Å². The van der Waals surface area contributed by atoms with E-state index >= 15 is 0 Å². The van der Waals surface area contributed by atoms with Crippen molar-refractivity contribution < 1.29 is 9.53 Å². The Morgan fingerprint density at radius 1 is 1.08 bits per heavy atom. The number of amides is 1. The molecule has 3 nitrogen and oxygen atoms in total. The molecular formula is C20H21Br2NO2. The average molecular weight is 467 g/mol. The Labute approximate surface area is 165 Å². The monoisotopic (exact) mass is 465 g/mol. The molecule has 1 amide bonds. The van der Waals surface area contributed by atoms with Gasteiger partial charge >= 0.3 is 0 Å². The van der Waals surface area contributed by atoms with E-state index in [0.29, 0.717) is 26.1 Å². The maximum absolute atomic E-state index is 13.3. The van der Waals surface area contributed by atoms with Crippen LogP contribution >= 0.6 is 31.9 Å². The van der Waals surface area contributed by atoms with Crippen LogP contribution in [0.4, 0.5) is 0 Å². The number of hydrogen-bond acceptors (Lipinski definition) is 2. The van der Waals surface area contributed by atoms with E-state index in [4.69, 9.17) is 4.74 Å². The first kappa shape index (κ1) is 18.6. The highest BCUT2D eigenvalue weighted by Crippen LogP contribution is 2.36. The molecule has 132 valence electrons. The SMILES string of the molecule is CC(NC(=O)C1(c2ccc(Br)cc2)CCOCC1)c1cccc(Br)c1. The lowest BCUT2D eigenvalue weighted by Gasteiger charge is -2.37. The molecule has 1 unspecified atom stereocenters. The maximum Gasteiger partial charge on any atom is 0.231 e. The minimum Gasteiger partial charge on any atom is -0.381 e. The smallest absolute Gasteiger partial charge is 0.231 e. The predicted molar refractivity (Wildman–Crippen MR) is 107 cm³/mol. The summed E-state index contributed by atoms with van der Waals surface area (Å²) in [6, 6.07) is 16.1. The van der Waals surface area contributed by atoms with Gasteiger partial charge in [0, 0.05) is 22.2 Å². The first-order valence-electron chi connectivity index (χ1n) is 8.41. The number of benzene rings is 2. The molecule has 2 aromatic carbocycles. The summed E-state index contributed by atoms with van der Waals surface area (Å²) in [4.78, 5) is 13.3. The molecular weight excluding hydrogens is 446 g/mol. The van der Waals surface area contributed by atoms with E-state index in [1.54, 1.807) is 0 Å². The molecule has 0 bridgehead atoms. The van der Waals surface area contributed by atoms with Crippen LogP contribution < -0.4 is 5.32 Å². The summed E-state index contributed by atoms with van der Waals surface area (Å²) in [5, 5.41) is 3.22. The molecule has 1 fully saturated rings. The molecule has 0 radical (unpaired) electrons. The van der Waals surface area contributed by atoms with Gasteiger partial charge in [-0.3, -0.25) is 4.79 Å². The summed E-state index contributed by atoms with van der Waals surface area (Å²) in [5.74, 6) is 0.0746. The molecule has 2 aromatic rings. The van der Waals surface area contributed by atoms with Gasteiger partial charge in [-0.05, 0) is 55.2 Å². The van der Waals surface area contributed by atoms with Crippen LogP contribution in [-0.2, 0) is 14.9 Å². The molecule has 1 aliphatic heterocycles. The van der Waals surface area contributed by atoms with Gasteiger partial charge in [0.2, 0.25) is 5.91 Å². The van der Waals surface area contributed by atoms with Gasteiger partial charge in [-0.25, -0.2) is 0 Å². The average Bonchev–Trinajstić information content (AvgIpc) is 2.62. The van der Waals surface area contributed by atoms with E-state index in [-0.39, 0.29) is 11.9 Å². The zero-order valence-electron chi connectivity index (χ0n) is 14.1. The molecule has 1 heterocycles. The number of carbonyl (C=O) groups is 1. The zero-order chi connectivity index (χ0) is 17.9. The summed E-state index contributed by atoms with van der Waals surface area (Å²) >= 11 is 6.97. The number of ether oxygens (including phenoxy) is 1. The topological polar surface area (TPSA) is 38.3 Å². The van der Waals surface area contributed by atoms with Crippen LogP contribution in [0.3, 0.4) is 0 Å². The first-order valence-corrected chi connectivity index (χ1v) is 10.00. The van der Waals surface area contributed by atoms with Crippen molar-refractivity contribution in [3.8, 4) is 0 Å². The van der Waals surface area contributed by atoms with E-state index in [1.807, 2.05) is 55.5 Å². The van der Waals surface area contributed by atoms with Crippen molar-refractivity contribution in [1.82, 2.24) is 5.32 Å². The van der Waals surface area contributed by atoms with Crippen LogP contribution in [0.25, 0.3) is 0 Å². The summed E-state index contributed by atoms with van der Waals surface area (Å²) in [7, 11) is 0. The number of rotatable bonds is 4. The molecule has 1 N–H and O–H groups in total. The van der Waals surface area contributed by atoms with Crippen LogP contribution in [0.2, 0.25) is 0 Å². The molecule has 1 saturated heterocycles.